The summed E-state index contributed by atoms with van der Waals surface area (Å²) in [6.45, 7) is 9.12. The minimum absolute atomic E-state index is 0.0818. The molecule has 0 saturated heterocycles. The van der Waals surface area contributed by atoms with Crippen molar-refractivity contribution in [3.05, 3.63) is 29.8 Å². The summed E-state index contributed by atoms with van der Waals surface area (Å²) < 4.78 is 28.9. The van der Waals surface area contributed by atoms with Crippen molar-refractivity contribution in [3.63, 3.8) is 0 Å². The Hall–Kier alpha value is -1.76. The van der Waals surface area contributed by atoms with Crippen molar-refractivity contribution in [2.24, 2.45) is 4.99 Å². The summed E-state index contributed by atoms with van der Waals surface area (Å²) in [7, 11) is -2.98. The molecule has 0 aliphatic carbocycles. The van der Waals surface area contributed by atoms with Crippen molar-refractivity contribution in [1.82, 2.24) is 10.6 Å². The van der Waals surface area contributed by atoms with Crippen LogP contribution in [0.15, 0.2) is 29.3 Å². The standard InChI is InChI=1S/C17H29N3O3S/c1-5-18-17(19-10-11-24(21,22)6-2)20-13-15(4)23-16-9-7-8-14(3)12-16/h7-9,12,15H,5-6,10-11,13H2,1-4H3,(H2,18,19,20). The molecule has 0 heterocycles. The van der Waals surface area contributed by atoms with E-state index in [1.165, 1.54) is 0 Å². The average Bonchev–Trinajstić information content (AvgIpc) is 2.52. The first-order valence-corrected chi connectivity index (χ1v) is 10.1. The van der Waals surface area contributed by atoms with Crippen LogP contribution < -0.4 is 15.4 Å². The largest absolute Gasteiger partial charge is 0.489 e. The average molecular weight is 356 g/mol. The normalized spacial score (nSPS) is 13.4. The Morgan fingerprint density at radius 1 is 1.29 bits per heavy atom. The van der Waals surface area contributed by atoms with Gasteiger partial charge in [-0.25, -0.2) is 13.4 Å². The first-order valence-electron chi connectivity index (χ1n) is 8.32. The van der Waals surface area contributed by atoms with Gasteiger partial charge in [-0.15, -0.1) is 0 Å². The zero-order chi connectivity index (χ0) is 18.0. The second kappa shape index (κ2) is 10.2. The first-order chi connectivity index (χ1) is 11.4. The van der Waals surface area contributed by atoms with Crippen LogP contribution in [0.25, 0.3) is 0 Å². The Kier molecular flexibility index (Phi) is 8.60. The van der Waals surface area contributed by atoms with Gasteiger partial charge >= 0.3 is 0 Å². The van der Waals surface area contributed by atoms with E-state index in [9.17, 15) is 8.42 Å². The summed E-state index contributed by atoms with van der Waals surface area (Å²) in [6.07, 6.45) is -0.0818. The van der Waals surface area contributed by atoms with Gasteiger partial charge in [-0.1, -0.05) is 19.1 Å². The lowest BCUT2D eigenvalue weighted by molar-refractivity contribution is 0.230. The quantitative estimate of drug-likeness (QED) is 0.521. The van der Waals surface area contributed by atoms with E-state index < -0.39 is 9.84 Å². The van der Waals surface area contributed by atoms with Crippen molar-refractivity contribution in [1.29, 1.82) is 0 Å². The minimum Gasteiger partial charge on any atom is -0.489 e. The molecule has 0 amide bonds. The second-order valence-corrected chi connectivity index (χ2v) is 8.10. The Balaban J connectivity index is 2.51. The fourth-order valence-corrected chi connectivity index (χ4v) is 2.69. The summed E-state index contributed by atoms with van der Waals surface area (Å²) in [5, 5.41) is 6.15. The molecule has 7 heteroatoms. The molecule has 2 N–H and O–H groups in total. The van der Waals surface area contributed by atoms with E-state index in [1.807, 2.05) is 45.0 Å². The van der Waals surface area contributed by atoms with Gasteiger partial charge in [0.25, 0.3) is 0 Å². The molecule has 24 heavy (non-hydrogen) atoms. The lowest BCUT2D eigenvalue weighted by Gasteiger charge is -2.15. The van der Waals surface area contributed by atoms with Crippen LogP contribution >= 0.6 is 0 Å². The molecule has 136 valence electrons. The fourth-order valence-electron chi connectivity index (χ4n) is 1.99. The highest BCUT2D eigenvalue weighted by Crippen LogP contribution is 2.14. The van der Waals surface area contributed by atoms with Crippen LogP contribution in [0.1, 0.15) is 26.3 Å². The second-order valence-electron chi connectivity index (χ2n) is 5.63. The van der Waals surface area contributed by atoms with E-state index in [0.717, 1.165) is 11.3 Å². The number of aryl methyl sites for hydroxylation is 1. The molecule has 0 aliphatic heterocycles. The van der Waals surface area contributed by atoms with Gasteiger partial charge < -0.3 is 15.4 Å². The number of hydrogen-bond donors (Lipinski definition) is 2. The minimum atomic E-state index is -2.98. The van der Waals surface area contributed by atoms with Gasteiger partial charge in [-0.3, -0.25) is 0 Å². The number of sulfone groups is 1. The van der Waals surface area contributed by atoms with Crippen LogP contribution in [0.2, 0.25) is 0 Å². The molecule has 0 spiro atoms. The highest BCUT2D eigenvalue weighted by atomic mass is 32.2. The summed E-state index contributed by atoms with van der Waals surface area (Å²) in [5.74, 6) is 1.68. The van der Waals surface area contributed by atoms with E-state index >= 15 is 0 Å². The van der Waals surface area contributed by atoms with Gasteiger partial charge in [-0.2, -0.15) is 0 Å². The number of ether oxygens (including phenoxy) is 1. The molecular weight excluding hydrogens is 326 g/mol. The summed E-state index contributed by atoms with van der Waals surface area (Å²) >= 11 is 0. The van der Waals surface area contributed by atoms with Crippen molar-refractivity contribution < 1.29 is 13.2 Å². The fraction of sp³-hybridized carbons (Fsp3) is 0.588. The van der Waals surface area contributed by atoms with Crippen LogP contribution in [0.4, 0.5) is 0 Å². The number of benzene rings is 1. The van der Waals surface area contributed by atoms with E-state index in [1.54, 1.807) is 6.92 Å². The highest BCUT2D eigenvalue weighted by Gasteiger charge is 2.08. The van der Waals surface area contributed by atoms with Crippen LogP contribution in [0.3, 0.4) is 0 Å². The van der Waals surface area contributed by atoms with Crippen molar-refractivity contribution >= 4 is 15.8 Å². The molecule has 1 aromatic rings. The Morgan fingerprint density at radius 2 is 2.04 bits per heavy atom. The third-order valence-corrected chi connectivity index (χ3v) is 5.03. The van der Waals surface area contributed by atoms with Gasteiger partial charge in [0.1, 0.15) is 11.9 Å². The molecule has 0 bridgehead atoms. The number of rotatable bonds is 9. The van der Waals surface area contributed by atoms with E-state index in [2.05, 4.69) is 15.6 Å². The van der Waals surface area contributed by atoms with Crippen molar-refractivity contribution in [2.45, 2.75) is 33.8 Å². The Labute approximate surface area is 145 Å². The monoisotopic (exact) mass is 355 g/mol. The molecule has 0 aromatic heterocycles. The van der Waals surface area contributed by atoms with E-state index in [0.29, 0.717) is 25.6 Å². The van der Waals surface area contributed by atoms with Gasteiger partial charge in [0, 0.05) is 18.8 Å². The zero-order valence-corrected chi connectivity index (χ0v) is 15.8. The molecule has 0 radical (unpaired) electrons. The number of nitrogens with zero attached hydrogens (tertiary/aromatic N) is 1. The lowest BCUT2D eigenvalue weighted by Crippen LogP contribution is -2.40. The summed E-state index contributed by atoms with van der Waals surface area (Å²) in [6, 6.07) is 7.89. The first kappa shape index (κ1) is 20.3. The maximum Gasteiger partial charge on any atom is 0.191 e. The third-order valence-electron chi connectivity index (χ3n) is 3.32. The SMILES string of the molecule is CCNC(=NCC(C)Oc1cccc(C)c1)NCCS(=O)(=O)CC. The molecule has 6 nitrogen and oxygen atoms in total. The summed E-state index contributed by atoms with van der Waals surface area (Å²) in [5.41, 5.74) is 1.15. The number of aliphatic imine (C=N–C) groups is 1. The molecule has 0 saturated carbocycles. The molecule has 0 fully saturated rings. The Morgan fingerprint density at radius 3 is 2.67 bits per heavy atom. The molecule has 1 atom stereocenters. The topological polar surface area (TPSA) is 79.8 Å². The van der Waals surface area contributed by atoms with Gasteiger partial charge in [0.05, 0.1) is 12.3 Å². The molecule has 0 aliphatic rings. The number of guanidine groups is 1. The summed E-state index contributed by atoms with van der Waals surface area (Å²) in [4.78, 5) is 4.45. The molecule has 1 unspecified atom stereocenters. The maximum absolute atomic E-state index is 11.5. The number of hydrogen-bond acceptors (Lipinski definition) is 4. The van der Waals surface area contributed by atoms with Crippen LogP contribution in [-0.4, -0.2) is 51.6 Å². The molecule has 1 rings (SSSR count). The maximum atomic E-state index is 11.5. The van der Waals surface area contributed by atoms with Crippen LogP contribution in [0.5, 0.6) is 5.75 Å². The number of nitrogens with one attached hydrogen (secondary N) is 2. The lowest BCUT2D eigenvalue weighted by atomic mass is 10.2. The van der Waals surface area contributed by atoms with Crippen LogP contribution in [0, 0.1) is 6.92 Å². The third kappa shape index (κ3) is 8.19. The zero-order valence-electron chi connectivity index (χ0n) is 15.0. The highest BCUT2D eigenvalue weighted by molar-refractivity contribution is 7.91. The smallest absolute Gasteiger partial charge is 0.191 e. The van der Waals surface area contributed by atoms with Crippen LogP contribution in [-0.2, 0) is 9.84 Å². The van der Waals surface area contributed by atoms with Gasteiger partial charge in [-0.05, 0) is 38.5 Å². The predicted octanol–water partition coefficient (Wildman–Crippen LogP) is 1.75. The molecular formula is C17H29N3O3S. The van der Waals surface area contributed by atoms with Crippen molar-refractivity contribution in [2.75, 3.05) is 31.1 Å². The van der Waals surface area contributed by atoms with E-state index in [-0.39, 0.29) is 17.6 Å². The molecule has 1 aromatic carbocycles. The Bertz CT molecular complexity index is 630. The van der Waals surface area contributed by atoms with Gasteiger partial charge in [0.2, 0.25) is 0 Å². The van der Waals surface area contributed by atoms with Gasteiger partial charge in [0.15, 0.2) is 15.8 Å². The van der Waals surface area contributed by atoms with E-state index in [4.69, 9.17) is 4.74 Å². The predicted molar refractivity (Wildman–Crippen MR) is 99.6 cm³/mol. The van der Waals surface area contributed by atoms with Crippen molar-refractivity contribution in [3.8, 4) is 5.75 Å².